The largest absolute Gasteiger partial charge is 0.295 e. The van der Waals surface area contributed by atoms with Crippen molar-refractivity contribution in [1.29, 1.82) is 0 Å². The number of benzene rings is 1. The summed E-state index contributed by atoms with van der Waals surface area (Å²) < 4.78 is 31.4. The standard InChI is InChI=1S/C10H9NO3S2/c1-15-8-4-5-9(16(12,13)14)7-3-2-6-11-10(7)8/h2-6H,1H3,(H,12,13,14). The third-order valence-corrected chi connectivity index (χ3v) is 3.87. The Morgan fingerprint density at radius 3 is 2.69 bits per heavy atom. The summed E-state index contributed by atoms with van der Waals surface area (Å²) in [7, 11) is -4.20. The minimum absolute atomic E-state index is 0.103. The molecule has 16 heavy (non-hydrogen) atoms. The normalized spacial score (nSPS) is 11.9. The van der Waals surface area contributed by atoms with E-state index in [-0.39, 0.29) is 4.90 Å². The van der Waals surface area contributed by atoms with E-state index < -0.39 is 10.1 Å². The molecule has 6 heteroatoms. The van der Waals surface area contributed by atoms with Gasteiger partial charge in [-0.2, -0.15) is 8.42 Å². The first-order valence-corrected chi connectivity index (χ1v) is 7.10. The summed E-state index contributed by atoms with van der Waals surface area (Å²) in [5.41, 5.74) is 0.588. The Morgan fingerprint density at radius 2 is 2.06 bits per heavy atom. The van der Waals surface area contributed by atoms with Crippen LogP contribution in [0, 0.1) is 0 Å². The topological polar surface area (TPSA) is 67.3 Å². The SMILES string of the molecule is CSc1ccc(S(=O)(=O)O)c2cccnc12. The fourth-order valence-corrected chi connectivity index (χ4v) is 2.75. The molecule has 0 atom stereocenters. The van der Waals surface area contributed by atoms with Crippen LogP contribution in [0.3, 0.4) is 0 Å². The lowest BCUT2D eigenvalue weighted by Crippen LogP contribution is -1.99. The van der Waals surface area contributed by atoms with Crippen LogP contribution in [0.4, 0.5) is 0 Å². The zero-order valence-corrected chi connectivity index (χ0v) is 10.0. The molecule has 1 aromatic heterocycles. The highest BCUT2D eigenvalue weighted by atomic mass is 32.2. The van der Waals surface area contributed by atoms with Gasteiger partial charge in [-0.1, -0.05) is 0 Å². The van der Waals surface area contributed by atoms with Crippen LogP contribution in [0.25, 0.3) is 10.9 Å². The Balaban J connectivity index is 2.91. The average Bonchev–Trinajstić information content (AvgIpc) is 2.26. The quantitative estimate of drug-likeness (QED) is 0.658. The van der Waals surface area contributed by atoms with Crippen molar-refractivity contribution in [2.45, 2.75) is 9.79 Å². The van der Waals surface area contributed by atoms with Crippen LogP contribution in [0.1, 0.15) is 0 Å². The average molecular weight is 255 g/mol. The maximum Gasteiger partial charge on any atom is 0.295 e. The van der Waals surface area contributed by atoms with Crippen LogP contribution in [-0.2, 0) is 10.1 Å². The number of pyridine rings is 1. The molecule has 2 rings (SSSR count). The highest BCUT2D eigenvalue weighted by molar-refractivity contribution is 7.98. The van der Waals surface area contributed by atoms with E-state index in [0.29, 0.717) is 10.9 Å². The molecule has 4 nitrogen and oxygen atoms in total. The lowest BCUT2D eigenvalue weighted by molar-refractivity contribution is 0.484. The Kier molecular flexibility index (Phi) is 2.88. The van der Waals surface area contributed by atoms with Crippen LogP contribution >= 0.6 is 11.8 Å². The third kappa shape index (κ3) is 1.91. The fourth-order valence-electron chi connectivity index (χ4n) is 1.51. The predicted octanol–water partition coefficient (Wildman–Crippen LogP) is 2.20. The summed E-state index contributed by atoms with van der Waals surface area (Å²) in [6.07, 6.45) is 3.48. The minimum atomic E-state index is -4.20. The molecule has 2 aromatic rings. The van der Waals surface area contributed by atoms with Gasteiger partial charge in [0.15, 0.2) is 0 Å². The molecule has 0 aliphatic carbocycles. The van der Waals surface area contributed by atoms with Crippen molar-refractivity contribution in [3.05, 3.63) is 30.5 Å². The van der Waals surface area contributed by atoms with Gasteiger partial charge in [-0.3, -0.25) is 9.54 Å². The minimum Gasteiger partial charge on any atom is -0.282 e. The van der Waals surface area contributed by atoms with E-state index in [0.717, 1.165) is 4.90 Å². The number of aromatic nitrogens is 1. The predicted molar refractivity (Wildman–Crippen MR) is 63.3 cm³/mol. The van der Waals surface area contributed by atoms with Gasteiger partial charge in [0, 0.05) is 16.5 Å². The molecule has 0 saturated heterocycles. The maximum absolute atomic E-state index is 11.2. The van der Waals surface area contributed by atoms with Gasteiger partial charge in [0.2, 0.25) is 0 Å². The van der Waals surface area contributed by atoms with Crippen molar-refractivity contribution >= 4 is 32.8 Å². The molecule has 1 N–H and O–H groups in total. The fraction of sp³-hybridized carbons (Fsp3) is 0.100. The van der Waals surface area contributed by atoms with E-state index in [9.17, 15) is 8.42 Å². The first kappa shape index (κ1) is 11.4. The van der Waals surface area contributed by atoms with Crippen LogP contribution < -0.4 is 0 Å². The highest BCUT2D eigenvalue weighted by Crippen LogP contribution is 2.29. The second-order valence-electron chi connectivity index (χ2n) is 3.14. The smallest absolute Gasteiger partial charge is 0.282 e. The summed E-state index contributed by atoms with van der Waals surface area (Å²) in [6.45, 7) is 0. The Bertz CT molecular complexity index is 638. The second-order valence-corrected chi connectivity index (χ2v) is 5.38. The van der Waals surface area contributed by atoms with E-state index in [4.69, 9.17) is 4.55 Å². The van der Waals surface area contributed by atoms with Crippen molar-refractivity contribution in [3.8, 4) is 0 Å². The number of nitrogens with zero attached hydrogens (tertiary/aromatic N) is 1. The molecule has 84 valence electrons. The Morgan fingerprint density at radius 1 is 1.31 bits per heavy atom. The number of fused-ring (bicyclic) bond motifs is 1. The molecule has 1 heterocycles. The third-order valence-electron chi connectivity index (χ3n) is 2.19. The zero-order chi connectivity index (χ0) is 11.8. The van der Waals surface area contributed by atoms with Gasteiger partial charge in [-0.05, 0) is 30.5 Å². The van der Waals surface area contributed by atoms with Crippen LogP contribution in [0.15, 0.2) is 40.3 Å². The molecule has 0 unspecified atom stereocenters. The lowest BCUT2D eigenvalue weighted by Gasteiger charge is -2.06. The van der Waals surface area contributed by atoms with Crippen LogP contribution in [0.5, 0.6) is 0 Å². The van der Waals surface area contributed by atoms with E-state index >= 15 is 0 Å². The lowest BCUT2D eigenvalue weighted by atomic mass is 10.2. The van der Waals surface area contributed by atoms with E-state index in [1.165, 1.54) is 17.8 Å². The maximum atomic E-state index is 11.2. The molecule has 0 spiro atoms. The van der Waals surface area contributed by atoms with Crippen molar-refractivity contribution in [2.24, 2.45) is 0 Å². The number of hydrogen-bond acceptors (Lipinski definition) is 4. The molecular weight excluding hydrogens is 246 g/mol. The first-order valence-electron chi connectivity index (χ1n) is 4.43. The van der Waals surface area contributed by atoms with Crippen LogP contribution in [0.2, 0.25) is 0 Å². The van der Waals surface area contributed by atoms with Gasteiger partial charge < -0.3 is 0 Å². The molecule has 1 aromatic carbocycles. The van der Waals surface area contributed by atoms with E-state index in [2.05, 4.69) is 4.98 Å². The van der Waals surface area contributed by atoms with Crippen molar-refractivity contribution in [3.63, 3.8) is 0 Å². The Labute approximate surface area is 97.4 Å². The van der Waals surface area contributed by atoms with Crippen molar-refractivity contribution in [1.82, 2.24) is 4.98 Å². The zero-order valence-electron chi connectivity index (χ0n) is 8.41. The molecule has 0 aliphatic rings. The summed E-state index contributed by atoms with van der Waals surface area (Å²) in [4.78, 5) is 4.90. The Hall–Kier alpha value is -1.11. The molecule has 0 radical (unpaired) electrons. The molecule has 0 fully saturated rings. The molecule has 0 amide bonds. The summed E-state index contributed by atoms with van der Waals surface area (Å²) >= 11 is 1.48. The van der Waals surface area contributed by atoms with Crippen molar-refractivity contribution < 1.29 is 13.0 Å². The highest BCUT2D eigenvalue weighted by Gasteiger charge is 2.15. The summed E-state index contributed by atoms with van der Waals surface area (Å²) in [6, 6.07) is 6.31. The summed E-state index contributed by atoms with van der Waals surface area (Å²) in [5, 5.41) is 0.442. The summed E-state index contributed by atoms with van der Waals surface area (Å²) in [5.74, 6) is 0. The molecular formula is C10H9NO3S2. The number of thioether (sulfide) groups is 1. The van der Waals surface area contributed by atoms with Gasteiger partial charge in [0.05, 0.1) is 5.52 Å². The van der Waals surface area contributed by atoms with Gasteiger partial charge in [-0.15, -0.1) is 11.8 Å². The van der Waals surface area contributed by atoms with Gasteiger partial charge in [0.25, 0.3) is 10.1 Å². The van der Waals surface area contributed by atoms with Gasteiger partial charge in [-0.25, -0.2) is 0 Å². The van der Waals surface area contributed by atoms with E-state index in [1.54, 1.807) is 24.4 Å². The second kappa shape index (κ2) is 4.04. The monoisotopic (exact) mass is 255 g/mol. The van der Waals surface area contributed by atoms with Gasteiger partial charge >= 0.3 is 0 Å². The molecule has 0 saturated carbocycles. The molecule has 0 aliphatic heterocycles. The number of rotatable bonds is 2. The van der Waals surface area contributed by atoms with E-state index in [1.807, 2.05) is 6.26 Å². The number of hydrogen-bond donors (Lipinski definition) is 1. The first-order chi connectivity index (χ1) is 7.54. The van der Waals surface area contributed by atoms with Crippen LogP contribution in [-0.4, -0.2) is 24.2 Å². The molecule has 0 bridgehead atoms. The van der Waals surface area contributed by atoms with Crippen molar-refractivity contribution in [2.75, 3.05) is 6.26 Å². The van der Waals surface area contributed by atoms with Gasteiger partial charge in [0.1, 0.15) is 4.90 Å².